The van der Waals surface area contributed by atoms with E-state index in [0.717, 1.165) is 6.08 Å². The van der Waals surface area contributed by atoms with Gasteiger partial charge in [-0.2, -0.15) is 0 Å². The van der Waals surface area contributed by atoms with Gasteiger partial charge in [0.25, 0.3) is 0 Å². The number of esters is 1. The van der Waals surface area contributed by atoms with Crippen molar-refractivity contribution in [3.05, 3.63) is 55.1 Å². The molecule has 0 fully saturated rings. The molecule has 4 heteroatoms. The van der Waals surface area contributed by atoms with Crippen LogP contribution in [0, 0.1) is 0 Å². The SMILES string of the molecule is C=C(CC)C(=O)Oc1ccccc1.C=CC(=O)O.CCC. The minimum atomic E-state index is -0.981. The summed E-state index contributed by atoms with van der Waals surface area (Å²) in [6.07, 6.45) is 2.70. The van der Waals surface area contributed by atoms with Gasteiger partial charge in [0, 0.05) is 11.6 Å². The predicted molar refractivity (Wildman–Crippen MR) is 85.3 cm³/mol. The smallest absolute Gasteiger partial charge is 0.338 e. The van der Waals surface area contributed by atoms with Crippen LogP contribution >= 0.6 is 0 Å². The van der Waals surface area contributed by atoms with E-state index >= 15 is 0 Å². The second-order valence-electron chi connectivity index (χ2n) is 3.91. The number of carbonyl (C=O) groups is 2. The lowest BCUT2D eigenvalue weighted by atomic mass is 10.2. The van der Waals surface area contributed by atoms with Crippen molar-refractivity contribution in [1.29, 1.82) is 0 Å². The highest BCUT2D eigenvalue weighted by Crippen LogP contribution is 2.11. The van der Waals surface area contributed by atoms with Gasteiger partial charge in [-0.25, -0.2) is 9.59 Å². The number of hydrogen-bond acceptors (Lipinski definition) is 3. The molecule has 1 aromatic rings. The summed E-state index contributed by atoms with van der Waals surface area (Å²) in [5.74, 6) is -0.777. The van der Waals surface area contributed by atoms with Crippen molar-refractivity contribution < 1.29 is 19.4 Å². The van der Waals surface area contributed by atoms with Crippen molar-refractivity contribution >= 4 is 11.9 Å². The van der Waals surface area contributed by atoms with Crippen LogP contribution in [0.15, 0.2) is 55.1 Å². The van der Waals surface area contributed by atoms with Crippen molar-refractivity contribution in [3.63, 3.8) is 0 Å². The minimum absolute atomic E-state index is 0.353. The molecule has 1 rings (SSSR count). The molecular weight excluding hydrogens is 268 g/mol. The summed E-state index contributed by atoms with van der Waals surface area (Å²) in [7, 11) is 0. The lowest BCUT2D eigenvalue weighted by molar-refractivity contribution is -0.131. The minimum Gasteiger partial charge on any atom is -0.478 e. The van der Waals surface area contributed by atoms with E-state index in [9.17, 15) is 9.59 Å². The first-order valence-corrected chi connectivity index (χ1v) is 6.73. The summed E-state index contributed by atoms with van der Waals surface area (Å²) in [6.45, 7) is 12.7. The standard InChI is InChI=1S/C11H12O2.C3H4O2.C3H8/c1-3-9(2)11(12)13-10-7-5-4-6-8-10;1-2-3(4)5;1-3-2/h4-8H,2-3H2,1H3;2H,1H2,(H,4,5);3H2,1-2H3. The van der Waals surface area contributed by atoms with Crippen molar-refractivity contribution in [1.82, 2.24) is 0 Å². The van der Waals surface area contributed by atoms with Crippen LogP contribution in [0.3, 0.4) is 0 Å². The van der Waals surface area contributed by atoms with E-state index in [0.29, 0.717) is 17.7 Å². The maximum atomic E-state index is 11.2. The lowest BCUT2D eigenvalue weighted by Crippen LogP contribution is -2.09. The number of rotatable bonds is 4. The van der Waals surface area contributed by atoms with Crippen molar-refractivity contribution in [2.24, 2.45) is 0 Å². The Balaban J connectivity index is 0. The van der Waals surface area contributed by atoms with Gasteiger partial charge >= 0.3 is 11.9 Å². The van der Waals surface area contributed by atoms with Gasteiger partial charge in [-0.05, 0) is 18.6 Å². The molecule has 0 aliphatic rings. The molecule has 116 valence electrons. The van der Waals surface area contributed by atoms with Gasteiger partial charge in [0.05, 0.1) is 0 Å². The molecule has 0 radical (unpaired) electrons. The molecule has 0 saturated heterocycles. The number of hydrogen-bond donors (Lipinski definition) is 1. The van der Waals surface area contributed by atoms with Crippen LogP contribution in [0.4, 0.5) is 0 Å². The van der Waals surface area contributed by atoms with Gasteiger partial charge in [0.1, 0.15) is 5.75 Å². The fraction of sp³-hybridized carbons (Fsp3) is 0.294. The summed E-state index contributed by atoms with van der Waals surface area (Å²) >= 11 is 0. The Morgan fingerprint density at radius 2 is 1.62 bits per heavy atom. The van der Waals surface area contributed by atoms with Crippen LogP contribution in [0.5, 0.6) is 5.75 Å². The molecule has 0 unspecified atom stereocenters. The van der Waals surface area contributed by atoms with E-state index in [-0.39, 0.29) is 5.97 Å². The van der Waals surface area contributed by atoms with Gasteiger partial charge in [0.2, 0.25) is 0 Å². The fourth-order valence-corrected chi connectivity index (χ4v) is 0.812. The van der Waals surface area contributed by atoms with Crippen molar-refractivity contribution in [3.8, 4) is 5.75 Å². The van der Waals surface area contributed by atoms with Crippen LogP contribution in [-0.4, -0.2) is 17.0 Å². The quantitative estimate of drug-likeness (QED) is 0.512. The summed E-state index contributed by atoms with van der Waals surface area (Å²) in [5.41, 5.74) is 0.490. The van der Waals surface area contributed by atoms with Crippen molar-refractivity contribution in [2.45, 2.75) is 33.6 Å². The third-order valence-electron chi connectivity index (χ3n) is 1.84. The Morgan fingerprint density at radius 1 is 1.19 bits per heavy atom. The van der Waals surface area contributed by atoms with Gasteiger partial charge in [-0.1, -0.05) is 58.5 Å². The van der Waals surface area contributed by atoms with Crippen LogP contribution in [0.1, 0.15) is 33.6 Å². The van der Waals surface area contributed by atoms with Crippen LogP contribution < -0.4 is 4.74 Å². The Bertz CT molecular complexity index is 435. The van der Waals surface area contributed by atoms with Crippen LogP contribution in [0.25, 0.3) is 0 Å². The zero-order chi connectivity index (χ0) is 16.7. The Hall–Kier alpha value is -2.36. The summed E-state index contributed by atoms with van der Waals surface area (Å²) in [5, 5.41) is 7.60. The number of carbonyl (C=O) groups excluding carboxylic acids is 1. The molecule has 1 N–H and O–H groups in total. The molecule has 0 aliphatic carbocycles. The summed E-state index contributed by atoms with van der Waals surface area (Å²) < 4.78 is 5.03. The van der Waals surface area contributed by atoms with Gasteiger partial charge < -0.3 is 9.84 Å². The van der Waals surface area contributed by atoms with Gasteiger partial charge in [-0.3, -0.25) is 0 Å². The first-order valence-electron chi connectivity index (χ1n) is 6.73. The first-order chi connectivity index (χ1) is 9.92. The number of carboxylic acids is 1. The average molecular weight is 292 g/mol. The molecular formula is C17H24O4. The van der Waals surface area contributed by atoms with Crippen LogP contribution in [-0.2, 0) is 9.59 Å². The van der Waals surface area contributed by atoms with Gasteiger partial charge in [0.15, 0.2) is 0 Å². The Labute approximate surface area is 126 Å². The second kappa shape index (κ2) is 14.1. The molecule has 0 aliphatic heterocycles. The highest BCUT2D eigenvalue weighted by Gasteiger charge is 2.06. The largest absolute Gasteiger partial charge is 0.478 e. The van der Waals surface area contributed by atoms with E-state index in [1.165, 1.54) is 6.42 Å². The zero-order valence-electron chi connectivity index (χ0n) is 13.0. The highest BCUT2D eigenvalue weighted by molar-refractivity contribution is 5.89. The van der Waals surface area contributed by atoms with E-state index < -0.39 is 5.97 Å². The third-order valence-corrected chi connectivity index (χ3v) is 1.84. The number of para-hydroxylation sites is 1. The van der Waals surface area contributed by atoms with Gasteiger partial charge in [-0.15, -0.1) is 0 Å². The fourth-order valence-electron chi connectivity index (χ4n) is 0.812. The number of carboxylic acid groups (broad SMARTS) is 1. The topological polar surface area (TPSA) is 63.6 Å². The van der Waals surface area contributed by atoms with E-state index in [4.69, 9.17) is 9.84 Å². The molecule has 4 nitrogen and oxygen atoms in total. The molecule has 21 heavy (non-hydrogen) atoms. The Morgan fingerprint density at radius 3 is 1.95 bits per heavy atom. The number of benzene rings is 1. The maximum absolute atomic E-state index is 11.2. The molecule has 0 amide bonds. The van der Waals surface area contributed by atoms with E-state index in [1.807, 2.05) is 25.1 Å². The van der Waals surface area contributed by atoms with E-state index in [2.05, 4.69) is 27.0 Å². The summed E-state index contributed by atoms with van der Waals surface area (Å²) in [4.78, 5) is 20.5. The first kappa shape index (κ1) is 20.9. The molecule has 0 spiro atoms. The predicted octanol–water partition coefficient (Wildman–Crippen LogP) is 4.23. The molecule has 0 aromatic heterocycles. The van der Waals surface area contributed by atoms with Crippen LogP contribution in [0.2, 0.25) is 0 Å². The van der Waals surface area contributed by atoms with Crippen molar-refractivity contribution in [2.75, 3.05) is 0 Å². The number of ether oxygens (including phenoxy) is 1. The second-order valence-corrected chi connectivity index (χ2v) is 3.91. The molecule has 0 saturated carbocycles. The normalized spacial score (nSPS) is 8.14. The molecule has 1 aromatic carbocycles. The Kier molecular flexibility index (Phi) is 14.0. The third kappa shape index (κ3) is 13.9. The molecule has 0 heterocycles. The average Bonchev–Trinajstić information content (AvgIpc) is 2.48. The highest BCUT2D eigenvalue weighted by atomic mass is 16.5. The maximum Gasteiger partial charge on any atom is 0.338 e. The molecule has 0 bridgehead atoms. The number of aliphatic carboxylic acids is 1. The lowest BCUT2D eigenvalue weighted by Gasteiger charge is -2.03. The summed E-state index contributed by atoms with van der Waals surface area (Å²) in [6, 6.07) is 8.97. The monoisotopic (exact) mass is 292 g/mol. The van der Waals surface area contributed by atoms with E-state index in [1.54, 1.807) is 12.1 Å². The molecule has 0 atom stereocenters. The zero-order valence-corrected chi connectivity index (χ0v) is 13.0.